The van der Waals surface area contributed by atoms with E-state index in [-0.39, 0.29) is 11.7 Å². The van der Waals surface area contributed by atoms with Gasteiger partial charge in [0.1, 0.15) is 5.82 Å². The maximum Gasteiger partial charge on any atom is 0.255 e. The van der Waals surface area contributed by atoms with Gasteiger partial charge in [-0.25, -0.2) is 4.39 Å². The maximum atomic E-state index is 13.7. The van der Waals surface area contributed by atoms with Gasteiger partial charge in [-0.15, -0.1) is 0 Å². The maximum absolute atomic E-state index is 13.7. The number of hydrogen-bond donors (Lipinski definition) is 3. The molecule has 1 atom stereocenters. The van der Waals surface area contributed by atoms with Crippen LogP contribution in [-0.4, -0.2) is 11.0 Å². The predicted octanol–water partition coefficient (Wildman–Crippen LogP) is 3.87. The van der Waals surface area contributed by atoms with Gasteiger partial charge in [0.05, 0.1) is 11.6 Å². The summed E-state index contributed by atoms with van der Waals surface area (Å²) in [5.74, 6) is -0.617. The van der Waals surface area contributed by atoms with Gasteiger partial charge in [-0.1, -0.05) is 24.3 Å². The van der Waals surface area contributed by atoms with E-state index in [0.717, 1.165) is 16.8 Å². The molecule has 0 aliphatic carbocycles. The van der Waals surface area contributed by atoms with Crippen molar-refractivity contribution >= 4 is 28.9 Å². The van der Waals surface area contributed by atoms with Gasteiger partial charge in [0.25, 0.3) is 5.91 Å². The van der Waals surface area contributed by atoms with Crippen LogP contribution >= 0.6 is 12.2 Å². The molecule has 0 fully saturated rings. The average molecular weight is 369 g/mol. The fourth-order valence-electron chi connectivity index (χ4n) is 3.01. The number of halogens is 1. The molecule has 26 heavy (non-hydrogen) atoms. The number of amides is 1. The summed E-state index contributed by atoms with van der Waals surface area (Å²) in [7, 11) is 0. The van der Waals surface area contributed by atoms with E-state index >= 15 is 0 Å². The Labute approximate surface area is 157 Å². The molecule has 0 radical (unpaired) electrons. The third-order valence-corrected chi connectivity index (χ3v) is 4.77. The molecular formula is C20H20FN3OS. The molecule has 0 saturated carbocycles. The second-order valence-electron chi connectivity index (χ2n) is 6.33. The molecule has 1 aliphatic rings. The number of nitrogens with one attached hydrogen (secondary N) is 3. The van der Waals surface area contributed by atoms with E-state index in [1.165, 1.54) is 12.1 Å². The molecule has 0 bridgehead atoms. The van der Waals surface area contributed by atoms with Crippen LogP contribution in [0.25, 0.3) is 0 Å². The quantitative estimate of drug-likeness (QED) is 0.719. The van der Waals surface area contributed by atoms with Gasteiger partial charge in [0.2, 0.25) is 0 Å². The first-order chi connectivity index (χ1) is 12.4. The lowest BCUT2D eigenvalue weighted by molar-refractivity contribution is -0.113. The Bertz CT molecular complexity index is 923. The molecule has 3 rings (SSSR count). The Morgan fingerprint density at radius 3 is 2.62 bits per heavy atom. The fourth-order valence-corrected chi connectivity index (χ4v) is 3.28. The lowest BCUT2D eigenvalue weighted by atomic mass is 9.94. The van der Waals surface area contributed by atoms with Gasteiger partial charge in [0, 0.05) is 11.4 Å². The number of carbonyl (C=O) groups excluding carboxylic acids is 1. The highest BCUT2D eigenvalue weighted by Gasteiger charge is 2.30. The van der Waals surface area contributed by atoms with Crippen molar-refractivity contribution in [2.24, 2.45) is 0 Å². The van der Waals surface area contributed by atoms with Crippen LogP contribution in [0.2, 0.25) is 0 Å². The summed E-state index contributed by atoms with van der Waals surface area (Å²) in [4.78, 5) is 13.0. The molecule has 2 aromatic carbocycles. The highest BCUT2D eigenvalue weighted by molar-refractivity contribution is 7.80. The van der Waals surface area contributed by atoms with Crippen molar-refractivity contribution in [3.05, 3.63) is 76.2 Å². The number of thiocarbonyl (C=S) groups is 1. The fraction of sp³-hybridized carbons (Fsp3) is 0.200. The molecule has 0 spiro atoms. The van der Waals surface area contributed by atoms with Gasteiger partial charge in [-0.3, -0.25) is 4.79 Å². The second kappa shape index (κ2) is 7.25. The van der Waals surface area contributed by atoms with E-state index in [9.17, 15) is 9.18 Å². The Kier molecular flexibility index (Phi) is 5.04. The van der Waals surface area contributed by atoms with Crippen molar-refractivity contribution in [3.8, 4) is 0 Å². The smallest absolute Gasteiger partial charge is 0.255 e. The molecule has 134 valence electrons. The Hall–Kier alpha value is -2.73. The van der Waals surface area contributed by atoms with Gasteiger partial charge >= 0.3 is 0 Å². The molecule has 1 heterocycles. The van der Waals surface area contributed by atoms with Gasteiger partial charge in [-0.2, -0.15) is 0 Å². The SMILES string of the molecule is CC1=C(C(=O)Nc2cccc(C)c2C)[C@@H](c2cccc(F)c2)NC(=S)N1. The summed E-state index contributed by atoms with van der Waals surface area (Å²) in [6.45, 7) is 5.74. The van der Waals surface area contributed by atoms with Crippen molar-refractivity contribution in [2.75, 3.05) is 5.32 Å². The number of rotatable bonds is 3. The van der Waals surface area contributed by atoms with Crippen LogP contribution in [0.4, 0.5) is 10.1 Å². The summed E-state index contributed by atoms with van der Waals surface area (Å²) >= 11 is 5.22. The molecule has 0 saturated heterocycles. The van der Waals surface area contributed by atoms with Crippen molar-refractivity contribution in [1.82, 2.24) is 10.6 Å². The van der Waals surface area contributed by atoms with E-state index in [1.54, 1.807) is 19.1 Å². The number of carbonyl (C=O) groups is 1. The number of allylic oxidation sites excluding steroid dienone is 1. The van der Waals surface area contributed by atoms with Crippen LogP contribution in [0.15, 0.2) is 53.7 Å². The molecule has 1 aliphatic heterocycles. The minimum Gasteiger partial charge on any atom is -0.351 e. The molecule has 0 aromatic heterocycles. The summed E-state index contributed by atoms with van der Waals surface area (Å²) in [6, 6.07) is 11.4. The minimum atomic E-state index is -0.524. The number of anilines is 1. The first-order valence-corrected chi connectivity index (χ1v) is 8.69. The molecule has 4 nitrogen and oxygen atoms in total. The number of benzene rings is 2. The van der Waals surface area contributed by atoms with Crippen LogP contribution in [0.3, 0.4) is 0 Å². The van der Waals surface area contributed by atoms with E-state index < -0.39 is 6.04 Å². The van der Waals surface area contributed by atoms with E-state index in [2.05, 4.69) is 16.0 Å². The molecular weight excluding hydrogens is 349 g/mol. The summed E-state index contributed by atoms with van der Waals surface area (Å²) in [6.07, 6.45) is 0. The highest BCUT2D eigenvalue weighted by Crippen LogP contribution is 2.29. The first-order valence-electron chi connectivity index (χ1n) is 8.28. The molecule has 3 N–H and O–H groups in total. The Balaban J connectivity index is 1.98. The number of aryl methyl sites for hydroxylation is 1. The normalized spacial score (nSPS) is 16.8. The topological polar surface area (TPSA) is 53.2 Å². The molecule has 6 heteroatoms. The Morgan fingerprint density at radius 2 is 1.88 bits per heavy atom. The summed E-state index contributed by atoms with van der Waals surface area (Å²) < 4.78 is 13.7. The van der Waals surface area contributed by atoms with Gasteiger partial charge < -0.3 is 16.0 Å². The highest BCUT2D eigenvalue weighted by atomic mass is 32.1. The molecule has 1 amide bonds. The minimum absolute atomic E-state index is 0.257. The van der Waals surface area contributed by atoms with Gasteiger partial charge in [-0.05, 0) is 67.9 Å². The van der Waals surface area contributed by atoms with Crippen molar-refractivity contribution in [2.45, 2.75) is 26.8 Å². The zero-order valence-corrected chi connectivity index (χ0v) is 15.6. The second-order valence-corrected chi connectivity index (χ2v) is 6.73. The van der Waals surface area contributed by atoms with E-state index in [0.29, 0.717) is 21.9 Å². The summed E-state index contributed by atoms with van der Waals surface area (Å²) in [5.41, 5.74) is 4.61. The molecule has 0 unspecified atom stereocenters. The van der Waals surface area contributed by atoms with Crippen molar-refractivity contribution in [1.29, 1.82) is 0 Å². The van der Waals surface area contributed by atoms with Crippen LogP contribution in [0.1, 0.15) is 29.7 Å². The van der Waals surface area contributed by atoms with E-state index in [4.69, 9.17) is 12.2 Å². The third-order valence-electron chi connectivity index (χ3n) is 4.55. The van der Waals surface area contributed by atoms with Crippen LogP contribution in [-0.2, 0) is 4.79 Å². The first kappa shape index (κ1) is 18.1. The average Bonchev–Trinajstić information content (AvgIpc) is 2.58. The third kappa shape index (κ3) is 3.60. The van der Waals surface area contributed by atoms with Crippen LogP contribution < -0.4 is 16.0 Å². The lowest BCUT2D eigenvalue weighted by Gasteiger charge is -2.30. The van der Waals surface area contributed by atoms with Crippen molar-refractivity contribution < 1.29 is 9.18 Å². The van der Waals surface area contributed by atoms with Gasteiger partial charge in [0.15, 0.2) is 5.11 Å². The van der Waals surface area contributed by atoms with E-state index in [1.807, 2.05) is 32.0 Å². The lowest BCUT2D eigenvalue weighted by Crippen LogP contribution is -2.45. The standard InChI is InChI=1S/C20H20FN3OS/c1-11-6-4-9-16(12(11)2)23-19(25)17-13(3)22-20(26)24-18(17)14-7-5-8-15(21)10-14/h4-10,18H,1-3H3,(H,23,25)(H2,22,24,26)/t18-/m1/s1. The Morgan fingerprint density at radius 1 is 1.15 bits per heavy atom. The summed E-state index contributed by atoms with van der Waals surface area (Å²) in [5, 5.41) is 9.42. The van der Waals surface area contributed by atoms with Crippen molar-refractivity contribution in [3.63, 3.8) is 0 Å². The zero-order valence-electron chi connectivity index (χ0n) is 14.8. The largest absolute Gasteiger partial charge is 0.351 e. The number of hydrogen-bond acceptors (Lipinski definition) is 2. The zero-order chi connectivity index (χ0) is 18.8. The molecule has 2 aromatic rings. The monoisotopic (exact) mass is 369 g/mol. The van der Waals surface area contributed by atoms with Crippen LogP contribution in [0.5, 0.6) is 0 Å². The predicted molar refractivity (Wildman–Crippen MR) is 105 cm³/mol. The van der Waals surface area contributed by atoms with Crippen LogP contribution in [0, 0.1) is 19.7 Å².